The summed E-state index contributed by atoms with van der Waals surface area (Å²) >= 11 is 8.58. The van der Waals surface area contributed by atoms with Gasteiger partial charge in [-0.1, -0.05) is 59.8 Å². The Morgan fingerprint density at radius 1 is 1.25 bits per heavy atom. The maximum absolute atomic E-state index is 13.4. The number of benzene rings is 2. The van der Waals surface area contributed by atoms with Crippen LogP contribution in [-0.2, 0) is 11.3 Å². The van der Waals surface area contributed by atoms with Gasteiger partial charge in [0.05, 0.1) is 10.6 Å². The topological polar surface area (TPSA) is 64.0 Å². The van der Waals surface area contributed by atoms with Gasteiger partial charge in [-0.3, -0.25) is 14.2 Å². The minimum absolute atomic E-state index is 0.136. The van der Waals surface area contributed by atoms with Gasteiger partial charge in [-0.15, -0.1) is 17.9 Å². The summed E-state index contributed by atoms with van der Waals surface area (Å²) in [4.78, 5) is 31.5. The second-order valence-electron chi connectivity index (χ2n) is 7.05. The average molecular weight is 482 g/mol. The van der Waals surface area contributed by atoms with E-state index < -0.39 is 5.25 Å². The van der Waals surface area contributed by atoms with E-state index in [0.717, 1.165) is 11.1 Å². The maximum Gasteiger partial charge on any atom is 0.263 e. The van der Waals surface area contributed by atoms with Crippen molar-refractivity contribution in [3.8, 4) is 11.1 Å². The molecular weight excluding hydrogens is 462 g/mol. The molecule has 1 atom stereocenters. The van der Waals surface area contributed by atoms with Crippen molar-refractivity contribution >= 4 is 56.5 Å². The third-order valence-corrected chi connectivity index (χ3v) is 7.03. The Bertz CT molecular complexity index is 1330. The number of hydrogen-bond acceptors (Lipinski definition) is 5. The van der Waals surface area contributed by atoms with Crippen molar-refractivity contribution in [3.05, 3.63) is 88.0 Å². The van der Waals surface area contributed by atoms with Gasteiger partial charge in [-0.2, -0.15) is 0 Å². The van der Waals surface area contributed by atoms with Gasteiger partial charge in [0.25, 0.3) is 5.56 Å². The lowest BCUT2D eigenvalue weighted by atomic mass is 10.1. The molecule has 2 aromatic carbocycles. The van der Waals surface area contributed by atoms with Gasteiger partial charge in [0, 0.05) is 28.2 Å². The van der Waals surface area contributed by atoms with Crippen molar-refractivity contribution in [2.45, 2.75) is 23.9 Å². The molecule has 0 bridgehead atoms. The third-order valence-electron chi connectivity index (χ3n) is 4.82. The predicted octanol–water partition coefficient (Wildman–Crippen LogP) is 6.08. The summed E-state index contributed by atoms with van der Waals surface area (Å²) in [5.74, 6) is -0.187. The summed E-state index contributed by atoms with van der Waals surface area (Å²) in [6.45, 7) is 5.87. The van der Waals surface area contributed by atoms with Crippen LogP contribution in [0.15, 0.2) is 82.6 Å². The quantitative estimate of drug-likeness (QED) is 0.197. The number of nitrogens with zero attached hydrogens (tertiary/aromatic N) is 2. The van der Waals surface area contributed by atoms with Crippen molar-refractivity contribution in [3.63, 3.8) is 0 Å². The van der Waals surface area contributed by atoms with Crippen LogP contribution in [0.2, 0.25) is 5.02 Å². The van der Waals surface area contributed by atoms with E-state index in [1.54, 1.807) is 41.8 Å². The van der Waals surface area contributed by atoms with Crippen LogP contribution in [0.5, 0.6) is 0 Å². The van der Waals surface area contributed by atoms with E-state index in [4.69, 9.17) is 16.6 Å². The summed E-state index contributed by atoms with van der Waals surface area (Å²) in [5.41, 5.74) is 2.36. The molecule has 4 rings (SSSR count). The van der Waals surface area contributed by atoms with Gasteiger partial charge in [0.2, 0.25) is 5.91 Å². The highest BCUT2D eigenvalue weighted by molar-refractivity contribution is 8.00. The van der Waals surface area contributed by atoms with E-state index >= 15 is 0 Å². The zero-order chi connectivity index (χ0) is 22.7. The van der Waals surface area contributed by atoms with Crippen molar-refractivity contribution in [1.29, 1.82) is 0 Å². The first-order valence-corrected chi connectivity index (χ1v) is 12.0. The Labute approximate surface area is 198 Å². The van der Waals surface area contributed by atoms with E-state index in [1.807, 2.05) is 35.7 Å². The largest absolute Gasteiger partial charge is 0.325 e. The normalized spacial score (nSPS) is 11.9. The second-order valence-corrected chi connectivity index (χ2v) is 9.65. The average Bonchev–Trinajstić information content (AvgIpc) is 3.22. The highest BCUT2D eigenvalue weighted by atomic mass is 35.5. The number of amides is 1. The zero-order valence-corrected chi connectivity index (χ0v) is 19.6. The molecular formula is C24H20ClN3O2S2. The van der Waals surface area contributed by atoms with Crippen molar-refractivity contribution in [2.75, 3.05) is 5.32 Å². The molecule has 5 nitrogen and oxygen atoms in total. The number of carbonyl (C=O) groups is 1. The van der Waals surface area contributed by atoms with Crippen molar-refractivity contribution in [1.82, 2.24) is 9.55 Å². The van der Waals surface area contributed by atoms with Gasteiger partial charge in [0.15, 0.2) is 5.16 Å². The van der Waals surface area contributed by atoms with Crippen LogP contribution in [0.1, 0.15) is 6.92 Å². The number of anilines is 1. The number of nitrogens with one attached hydrogen (secondary N) is 1. The standard InChI is InChI=1S/C24H20ClN3O2S2/c1-3-13-28-23(30)20-19(16-7-5-4-6-8-16)14-31-22(20)27-24(28)32-15(2)21(29)26-18-11-9-17(25)10-12-18/h3-12,14-15H,1,13H2,2H3,(H,26,29). The molecule has 0 aliphatic rings. The van der Waals surface area contributed by atoms with Crippen LogP contribution < -0.4 is 10.9 Å². The van der Waals surface area contributed by atoms with E-state index in [-0.39, 0.29) is 11.5 Å². The summed E-state index contributed by atoms with van der Waals surface area (Å²) in [7, 11) is 0. The number of carbonyl (C=O) groups excluding carboxylic acids is 1. The molecule has 0 spiro atoms. The summed E-state index contributed by atoms with van der Waals surface area (Å²) in [6, 6.07) is 16.7. The van der Waals surface area contributed by atoms with Gasteiger partial charge >= 0.3 is 0 Å². The Balaban J connectivity index is 1.67. The first-order valence-electron chi connectivity index (χ1n) is 9.89. The van der Waals surface area contributed by atoms with Crippen LogP contribution >= 0.6 is 34.7 Å². The summed E-state index contributed by atoms with van der Waals surface area (Å²) in [5, 5.41) is 6.03. The number of thiophene rings is 1. The molecule has 32 heavy (non-hydrogen) atoms. The molecule has 162 valence electrons. The fraction of sp³-hybridized carbons (Fsp3) is 0.125. The first kappa shape index (κ1) is 22.3. The molecule has 4 aromatic rings. The highest BCUT2D eigenvalue weighted by Crippen LogP contribution is 2.33. The number of fused-ring (bicyclic) bond motifs is 1. The molecule has 1 N–H and O–H groups in total. The monoisotopic (exact) mass is 481 g/mol. The zero-order valence-electron chi connectivity index (χ0n) is 17.2. The predicted molar refractivity (Wildman–Crippen MR) is 135 cm³/mol. The number of rotatable bonds is 7. The van der Waals surface area contributed by atoms with Gasteiger partial charge in [-0.05, 0) is 36.8 Å². The molecule has 1 unspecified atom stereocenters. The Morgan fingerprint density at radius 2 is 1.97 bits per heavy atom. The van der Waals surface area contributed by atoms with Gasteiger partial charge in [0.1, 0.15) is 4.83 Å². The van der Waals surface area contributed by atoms with Crippen LogP contribution in [0, 0.1) is 0 Å². The van der Waals surface area contributed by atoms with Gasteiger partial charge in [-0.25, -0.2) is 4.98 Å². The van der Waals surface area contributed by atoms with E-state index in [1.165, 1.54) is 23.1 Å². The number of halogens is 1. The molecule has 0 saturated carbocycles. The van der Waals surface area contributed by atoms with Crippen LogP contribution in [-0.4, -0.2) is 20.7 Å². The molecule has 0 saturated heterocycles. The van der Waals surface area contributed by atoms with Crippen molar-refractivity contribution in [2.24, 2.45) is 0 Å². The third kappa shape index (κ3) is 4.65. The van der Waals surface area contributed by atoms with Crippen LogP contribution in [0.3, 0.4) is 0 Å². The van der Waals surface area contributed by atoms with Crippen molar-refractivity contribution < 1.29 is 4.79 Å². The van der Waals surface area contributed by atoms with E-state index in [9.17, 15) is 9.59 Å². The lowest BCUT2D eigenvalue weighted by Crippen LogP contribution is -2.26. The number of hydrogen-bond donors (Lipinski definition) is 1. The minimum Gasteiger partial charge on any atom is -0.325 e. The molecule has 2 heterocycles. The second kappa shape index (κ2) is 9.73. The molecule has 2 aromatic heterocycles. The first-order chi connectivity index (χ1) is 15.5. The molecule has 8 heteroatoms. The lowest BCUT2D eigenvalue weighted by molar-refractivity contribution is -0.115. The van der Waals surface area contributed by atoms with E-state index in [0.29, 0.717) is 32.6 Å². The Morgan fingerprint density at radius 3 is 2.66 bits per heavy atom. The number of aromatic nitrogens is 2. The molecule has 1 amide bonds. The minimum atomic E-state index is -0.473. The number of allylic oxidation sites excluding steroid dienone is 1. The molecule has 0 aliphatic heterocycles. The Hall–Kier alpha value is -2.87. The molecule has 0 aliphatic carbocycles. The summed E-state index contributed by atoms with van der Waals surface area (Å²) in [6.07, 6.45) is 1.66. The fourth-order valence-corrected chi connectivity index (χ4v) is 5.24. The maximum atomic E-state index is 13.4. The molecule has 0 radical (unpaired) electrons. The lowest BCUT2D eigenvalue weighted by Gasteiger charge is -2.15. The van der Waals surface area contributed by atoms with Gasteiger partial charge < -0.3 is 5.32 Å². The van der Waals surface area contributed by atoms with Crippen LogP contribution in [0.4, 0.5) is 5.69 Å². The SMILES string of the molecule is C=CCn1c(SC(C)C(=O)Nc2ccc(Cl)cc2)nc2scc(-c3ccccc3)c2c1=O. The molecule has 0 fully saturated rings. The van der Waals surface area contributed by atoms with E-state index in [2.05, 4.69) is 11.9 Å². The number of thioether (sulfide) groups is 1. The Kier molecular flexibility index (Phi) is 6.79. The fourth-order valence-electron chi connectivity index (χ4n) is 3.20. The smallest absolute Gasteiger partial charge is 0.263 e. The highest BCUT2D eigenvalue weighted by Gasteiger charge is 2.21. The van der Waals surface area contributed by atoms with Crippen LogP contribution in [0.25, 0.3) is 21.3 Å². The summed E-state index contributed by atoms with van der Waals surface area (Å²) < 4.78 is 1.57.